The van der Waals surface area contributed by atoms with E-state index in [1.807, 2.05) is 42.5 Å². The van der Waals surface area contributed by atoms with Crippen molar-refractivity contribution >= 4 is 39.5 Å². The molecule has 0 aliphatic heterocycles. The van der Waals surface area contributed by atoms with E-state index in [1.165, 1.54) is 6.08 Å². The zero-order chi connectivity index (χ0) is 22.2. The number of carbonyl (C=O) groups excluding carboxylic acids is 2. The molecular formula is C24H21BrN2O4. The van der Waals surface area contributed by atoms with Gasteiger partial charge in [0.05, 0.1) is 7.11 Å². The summed E-state index contributed by atoms with van der Waals surface area (Å²) in [5, 5.41) is 2.74. The van der Waals surface area contributed by atoms with E-state index in [-0.39, 0.29) is 5.91 Å². The van der Waals surface area contributed by atoms with Crippen LogP contribution in [0.3, 0.4) is 0 Å². The van der Waals surface area contributed by atoms with Crippen molar-refractivity contribution in [3.8, 4) is 11.5 Å². The molecule has 3 aromatic carbocycles. The van der Waals surface area contributed by atoms with Crippen LogP contribution < -0.4 is 20.5 Å². The summed E-state index contributed by atoms with van der Waals surface area (Å²) < 4.78 is 12.2. The zero-order valence-electron chi connectivity index (χ0n) is 16.8. The molecule has 0 bridgehead atoms. The molecule has 2 amide bonds. The molecule has 3 N–H and O–H groups in total. The molecule has 3 rings (SSSR count). The molecule has 31 heavy (non-hydrogen) atoms. The van der Waals surface area contributed by atoms with Crippen LogP contribution in [-0.2, 0) is 11.4 Å². The number of nitrogens with one attached hydrogen (secondary N) is 1. The number of halogens is 1. The lowest BCUT2D eigenvalue weighted by Gasteiger charge is -2.11. The molecule has 0 fully saturated rings. The molecule has 0 radical (unpaired) electrons. The van der Waals surface area contributed by atoms with Gasteiger partial charge < -0.3 is 20.5 Å². The molecule has 0 spiro atoms. The second-order valence-electron chi connectivity index (χ2n) is 6.58. The number of primary amides is 1. The Kier molecular flexibility index (Phi) is 7.45. The third-order valence-corrected chi connectivity index (χ3v) is 4.91. The van der Waals surface area contributed by atoms with E-state index >= 15 is 0 Å². The number of anilines is 1. The van der Waals surface area contributed by atoms with E-state index in [1.54, 1.807) is 37.5 Å². The number of amides is 2. The molecule has 158 valence electrons. The lowest BCUT2D eigenvalue weighted by Crippen LogP contribution is -2.11. The molecule has 0 atom stereocenters. The van der Waals surface area contributed by atoms with Crippen molar-refractivity contribution in [1.29, 1.82) is 0 Å². The Balaban J connectivity index is 1.65. The first-order valence-electron chi connectivity index (χ1n) is 9.39. The third kappa shape index (κ3) is 6.45. The van der Waals surface area contributed by atoms with Gasteiger partial charge in [-0.15, -0.1) is 0 Å². The molecule has 7 heteroatoms. The summed E-state index contributed by atoms with van der Waals surface area (Å²) in [4.78, 5) is 23.3. The Morgan fingerprint density at radius 1 is 1.03 bits per heavy atom. The van der Waals surface area contributed by atoms with Crippen LogP contribution in [0.15, 0.2) is 77.3 Å². The standard InChI is InChI=1S/C24H21BrN2O4/c1-30-22-12-2-16(14-18(22)15-31-21-10-6-19(25)7-11-21)3-13-23(28)27-20-8-4-17(5-9-20)24(26)29/h2-14H,15H2,1H3,(H2,26,29)(H,27,28)/b13-3-. The fraction of sp³-hybridized carbons (Fsp3) is 0.0833. The van der Waals surface area contributed by atoms with Crippen LogP contribution in [0.1, 0.15) is 21.5 Å². The third-order valence-electron chi connectivity index (χ3n) is 4.38. The highest BCUT2D eigenvalue weighted by atomic mass is 79.9. The molecule has 0 heterocycles. The molecule has 0 aliphatic rings. The first-order valence-corrected chi connectivity index (χ1v) is 10.2. The quantitative estimate of drug-likeness (QED) is 0.453. The summed E-state index contributed by atoms with van der Waals surface area (Å²) in [5.74, 6) is 0.633. The predicted molar refractivity (Wildman–Crippen MR) is 124 cm³/mol. The maximum absolute atomic E-state index is 12.2. The summed E-state index contributed by atoms with van der Waals surface area (Å²) in [6.07, 6.45) is 3.14. The molecule has 0 aliphatic carbocycles. The van der Waals surface area contributed by atoms with Gasteiger partial charge in [0.15, 0.2) is 0 Å². The second kappa shape index (κ2) is 10.4. The molecule has 0 saturated carbocycles. The largest absolute Gasteiger partial charge is 0.496 e. The van der Waals surface area contributed by atoms with Crippen molar-refractivity contribution < 1.29 is 19.1 Å². The topological polar surface area (TPSA) is 90.6 Å². The van der Waals surface area contributed by atoms with Crippen molar-refractivity contribution in [2.24, 2.45) is 5.73 Å². The average molecular weight is 481 g/mol. The highest BCUT2D eigenvalue weighted by molar-refractivity contribution is 9.10. The first kappa shape index (κ1) is 22.1. The molecule has 6 nitrogen and oxygen atoms in total. The molecular weight excluding hydrogens is 460 g/mol. The number of benzene rings is 3. The highest BCUT2D eigenvalue weighted by Gasteiger charge is 2.06. The Bertz CT molecular complexity index is 1090. The summed E-state index contributed by atoms with van der Waals surface area (Å²) in [5.41, 5.74) is 7.84. The van der Waals surface area contributed by atoms with Gasteiger partial charge >= 0.3 is 0 Å². The molecule has 3 aromatic rings. The fourth-order valence-electron chi connectivity index (χ4n) is 2.78. The van der Waals surface area contributed by atoms with Gasteiger partial charge in [0.25, 0.3) is 0 Å². The van der Waals surface area contributed by atoms with Gasteiger partial charge in [0.2, 0.25) is 11.8 Å². The zero-order valence-corrected chi connectivity index (χ0v) is 18.4. The fourth-order valence-corrected chi connectivity index (χ4v) is 3.04. The number of nitrogens with two attached hydrogens (primary N) is 1. The molecule has 0 saturated heterocycles. The number of methoxy groups -OCH3 is 1. The SMILES string of the molecule is COc1ccc(/C=C\C(=O)Nc2ccc(C(N)=O)cc2)cc1COc1ccc(Br)cc1. The van der Waals surface area contributed by atoms with E-state index < -0.39 is 5.91 Å². The van der Waals surface area contributed by atoms with Crippen LogP contribution in [0, 0.1) is 0 Å². The van der Waals surface area contributed by atoms with Crippen molar-refractivity contribution in [2.75, 3.05) is 12.4 Å². The van der Waals surface area contributed by atoms with Crippen LogP contribution in [0.5, 0.6) is 11.5 Å². The summed E-state index contributed by atoms with van der Waals surface area (Å²) in [7, 11) is 1.60. The summed E-state index contributed by atoms with van der Waals surface area (Å²) >= 11 is 3.40. The highest BCUT2D eigenvalue weighted by Crippen LogP contribution is 2.24. The van der Waals surface area contributed by atoms with Gasteiger partial charge in [-0.05, 0) is 72.3 Å². The van der Waals surface area contributed by atoms with E-state index in [0.29, 0.717) is 23.6 Å². The minimum absolute atomic E-state index is 0.296. The average Bonchev–Trinajstić information content (AvgIpc) is 2.77. The van der Waals surface area contributed by atoms with Gasteiger partial charge in [-0.2, -0.15) is 0 Å². The van der Waals surface area contributed by atoms with Crippen LogP contribution in [0.25, 0.3) is 6.08 Å². The van der Waals surface area contributed by atoms with Crippen molar-refractivity contribution in [3.05, 3.63) is 94.0 Å². The maximum Gasteiger partial charge on any atom is 0.248 e. The van der Waals surface area contributed by atoms with Gasteiger partial charge in [0, 0.05) is 27.4 Å². The van der Waals surface area contributed by atoms with E-state index in [2.05, 4.69) is 21.2 Å². The van der Waals surface area contributed by atoms with Crippen LogP contribution in [0.2, 0.25) is 0 Å². The number of hydrogen-bond acceptors (Lipinski definition) is 4. The van der Waals surface area contributed by atoms with Crippen molar-refractivity contribution in [2.45, 2.75) is 6.61 Å². The van der Waals surface area contributed by atoms with Crippen LogP contribution in [0.4, 0.5) is 5.69 Å². The van der Waals surface area contributed by atoms with E-state index in [4.69, 9.17) is 15.2 Å². The minimum atomic E-state index is -0.516. The number of hydrogen-bond donors (Lipinski definition) is 2. The van der Waals surface area contributed by atoms with Crippen molar-refractivity contribution in [1.82, 2.24) is 0 Å². The predicted octanol–water partition coefficient (Wildman–Crippen LogP) is 4.79. The Morgan fingerprint density at radius 3 is 2.39 bits per heavy atom. The number of carbonyl (C=O) groups is 2. The first-order chi connectivity index (χ1) is 14.9. The Hall–Kier alpha value is -3.58. The van der Waals surface area contributed by atoms with Gasteiger partial charge in [-0.25, -0.2) is 0 Å². The van der Waals surface area contributed by atoms with E-state index in [9.17, 15) is 9.59 Å². The van der Waals surface area contributed by atoms with Gasteiger partial charge in [-0.1, -0.05) is 22.0 Å². The minimum Gasteiger partial charge on any atom is -0.496 e. The summed E-state index contributed by atoms with van der Waals surface area (Å²) in [6.45, 7) is 0.324. The monoisotopic (exact) mass is 480 g/mol. The van der Waals surface area contributed by atoms with Crippen LogP contribution >= 0.6 is 15.9 Å². The number of rotatable bonds is 8. The lowest BCUT2D eigenvalue weighted by atomic mass is 10.1. The second-order valence-corrected chi connectivity index (χ2v) is 7.49. The maximum atomic E-state index is 12.2. The van der Waals surface area contributed by atoms with Gasteiger partial charge in [0.1, 0.15) is 18.1 Å². The smallest absolute Gasteiger partial charge is 0.248 e. The Labute approximate surface area is 188 Å². The summed E-state index contributed by atoms with van der Waals surface area (Å²) in [6, 6.07) is 19.5. The normalized spacial score (nSPS) is 10.6. The van der Waals surface area contributed by atoms with Gasteiger partial charge in [-0.3, -0.25) is 9.59 Å². The van der Waals surface area contributed by atoms with Crippen molar-refractivity contribution in [3.63, 3.8) is 0 Å². The molecule has 0 aromatic heterocycles. The van der Waals surface area contributed by atoms with Crippen LogP contribution in [-0.4, -0.2) is 18.9 Å². The lowest BCUT2D eigenvalue weighted by molar-refractivity contribution is -0.111. The van der Waals surface area contributed by atoms with E-state index in [0.717, 1.165) is 21.3 Å². The molecule has 0 unspecified atom stereocenters. The number of ether oxygens (including phenoxy) is 2. The Morgan fingerprint density at radius 2 is 1.74 bits per heavy atom.